The lowest BCUT2D eigenvalue weighted by atomic mass is 9.85. The molecule has 1 amide bonds. The highest BCUT2D eigenvalue weighted by Crippen LogP contribution is 2.22. The van der Waals surface area contributed by atoms with Crippen molar-refractivity contribution in [2.45, 2.75) is 40.2 Å². The standard InChI is InChI=1S/C16H24ClNO3/c1-11-9-12(5-6-13(11)17)21-10-15(20)18-14(7-8-19)16(2,3)4/h5-6,9,14,19H,7-8,10H2,1-4H3,(H,18,20). The number of hydrogen-bond donors (Lipinski definition) is 2. The summed E-state index contributed by atoms with van der Waals surface area (Å²) in [4.78, 5) is 12.0. The van der Waals surface area contributed by atoms with Gasteiger partial charge in [0.15, 0.2) is 6.61 Å². The molecular formula is C16H24ClNO3. The predicted octanol–water partition coefficient (Wildman–Crippen LogP) is 2.94. The Labute approximate surface area is 131 Å². The first-order chi connectivity index (χ1) is 9.74. The Morgan fingerprint density at radius 3 is 2.62 bits per heavy atom. The summed E-state index contributed by atoms with van der Waals surface area (Å²) in [5.74, 6) is 0.414. The maximum absolute atomic E-state index is 12.0. The number of hydrogen-bond acceptors (Lipinski definition) is 3. The SMILES string of the molecule is Cc1cc(OCC(=O)NC(CCO)C(C)(C)C)ccc1Cl. The molecule has 21 heavy (non-hydrogen) atoms. The van der Waals surface area contributed by atoms with Crippen molar-refractivity contribution in [2.75, 3.05) is 13.2 Å². The van der Waals surface area contributed by atoms with Crippen LogP contribution < -0.4 is 10.1 Å². The maximum atomic E-state index is 12.0. The second-order valence-corrected chi connectivity index (χ2v) is 6.61. The number of nitrogens with one attached hydrogen (secondary N) is 1. The monoisotopic (exact) mass is 313 g/mol. The molecule has 1 aromatic carbocycles. The van der Waals surface area contributed by atoms with E-state index in [0.29, 0.717) is 17.2 Å². The largest absolute Gasteiger partial charge is 0.484 e. The smallest absolute Gasteiger partial charge is 0.258 e. The molecule has 2 N–H and O–H groups in total. The van der Waals surface area contributed by atoms with Gasteiger partial charge in [-0.25, -0.2) is 0 Å². The third kappa shape index (κ3) is 5.94. The number of benzene rings is 1. The van der Waals surface area contributed by atoms with Gasteiger partial charge in [-0.3, -0.25) is 4.79 Å². The van der Waals surface area contributed by atoms with Gasteiger partial charge >= 0.3 is 0 Å². The molecule has 1 atom stereocenters. The van der Waals surface area contributed by atoms with Crippen molar-refractivity contribution in [3.63, 3.8) is 0 Å². The van der Waals surface area contributed by atoms with Crippen molar-refractivity contribution >= 4 is 17.5 Å². The Balaban J connectivity index is 2.54. The van der Waals surface area contributed by atoms with E-state index >= 15 is 0 Å². The van der Waals surface area contributed by atoms with E-state index in [9.17, 15) is 4.79 Å². The van der Waals surface area contributed by atoms with Crippen molar-refractivity contribution in [2.24, 2.45) is 5.41 Å². The maximum Gasteiger partial charge on any atom is 0.258 e. The fourth-order valence-corrected chi connectivity index (χ4v) is 2.06. The Hall–Kier alpha value is -1.26. The molecule has 0 aliphatic carbocycles. The number of rotatable bonds is 6. The molecule has 0 radical (unpaired) electrons. The third-order valence-corrected chi connectivity index (χ3v) is 3.72. The summed E-state index contributed by atoms with van der Waals surface area (Å²) in [5.41, 5.74) is 0.789. The zero-order valence-electron chi connectivity index (χ0n) is 13.1. The van der Waals surface area contributed by atoms with E-state index in [2.05, 4.69) is 5.32 Å². The van der Waals surface area contributed by atoms with Gasteiger partial charge in [0.05, 0.1) is 0 Å². The second kappa shape index (κ2) is 7.66. The molecule has 1 rings (SSSR count). The molecule has 0 saturated heterocycles. The second-order valence-electron chi connectivity index (χ2n) is 6.20. The average Bonchev–Trinajstić information content (AvgIpc) is 2.38. The summed E-state index contributed by atoms with van der Waals surface area (Å²) in [6, 6.07) is 5.18. The molecule has 0 bridgehead atoms. The molecular weight excluding hydrogens is 290 g/mol. The highest BCUT2D eigenvalue weighted by molar-refractivity contribution is 6.31. The summed E-state index contributed by atoms with van der Waals surface area (Å²) in [6.45, 7) is 7.94. The van der Waals surface area contributed by atoms with E-state index < -0.39 is 0 Å². The van der Waals surface area contributed by atoms with Gasteiger partial charge in [-0.2, -0.15) is 0 Å². The molecule has 1 unspecified atom stereocenters. The van der Waals surface area contributed by atoms with E-state index in [-0.39, 0.29) is 30.6 Å². The van der Waals surface area contributed by atoms with Crippen LogP contribution in [0, 0.1) is 12.3 Å². The molecule has 4 nitrogen and oxygen atoms in total. The first-order valence-electron chi connectivity index (χ1n) is 7.03. The molecule has 5 heteroatoms. The first kappa shape index (κ1) is 17.8. The van der Waals surface area contributed by atoms with Crippen LogP contribution in [0.3, 0.4) is 0 Å². The summed E-state index contributed by atoms with van der Waals surface area (Å²) in [6.07, 6.45) is 0.523. The van der Waals surface area contributed by atoms with Gasteiger partial charge in [0, 0.05) is 17.7 Å². The quantitative estimate of drug-likeness (QED) is 0.849. The van der Waals surface area contributed by atoms with Gasteiger partial charge in [-0.1, -0.05) is 32.4 Å². The van der Waals surface area contributed by atoms with E-state index in [1.165, 1.54) is 0 Å². The highest BCUT2D eigenvalue weighted by Gasteiger charge is 2.25. The van der Waals surface area contributed by atoms with Gasteiger partial charge < -0.3 is 15.2 Å². The summed E-state index contributed by atoms with van der Waals surface area (Å²) in [7, 11) is 0. The topological polar surface area (TPSA) is 58.6 Å². The Morgan fingerprint density at radius 2 is 2.10 bits per heavy atom. The van der Waals surface area contributed by atoms with Crippen LogP contribution in [0.2, 0.25) is 5.02 Å². The van der Waals surface area contributed by atoms with Gasteiger partial charge in [-0.05, 0) is 42.5 Å². The van der Waals surface area contributed by atoms with Gasteiger partial charge in [-0.15, -0.1) is 0 Å². The molecule has 0 fully saturated rings. The van der Waals surface area contributed by atoms with Gasteiger partial charge in [0.2, 0.25) is 0 Å². The van der Waals surface area contributed by atoms with Crippen LogP contribution in [0.25, 0.3) is 0 Å². The molecule has 0 aromatic heterocycles. The van der Waals surface area contributed by atoms with Crippen LogP contribution in [0.1, 0.15) is 32.8 Å². The number of carbonyl (C=O) groups excluding carboxylic acids is 1. The lowest BCUT2D eigenvalue weighted by molar-refractivity contribution is -0.124. The van der Waals surface area contributed by atoms with Crippen molar-refractivity contribution in [3.8, 4) is 5.75 Å². The minimum atomic E-state index is -0.198. The Morgan fingerprint density at radius 1 is 1.43 bits per heavy atom. The minimum absolute atomic E-state index is 0.0411. The predicted molar refractivity (Wildman–Crippen MR) is 84.8 cm³/mol. The fourth-order valence-electron chi connectivity index (χ4n) is 1.94. The molecule has 118 valence electrons. The molecule has 0 aliphatic heterocycles. The molecule has 0 saturated carbocycles. The number of halogens is 1. The fraction of sp³-hybridized carbons (Fsp3) is 0.562. The summed E-state index contributed by atoms with van der Waals surface area (Å²) < 4.78 is 5.46. The van der Waals surface area contributed by atoms with Crippen molar-refractivity contribution in [3.05, 3.63) is 28.8 Å². The number of aryl methyl sites for hydroxylation is 1. The van der Waals surface area contributed by atoms with Crippen LogP contribution >= 0.6 is 11.6 Å². The Bertz CT molecular complexity index is 483. The zero-order valence-corrected chi connectivity index (χ0v) is 13.8. The molecule has 0 heterocycles. The van der Waals surface area contributed by atoms with E-state index in [4.69, 9.17) is 21.4 Å². The number of aliphatic hydroxyl groups is 1. The number of ether oxygens (including phenoxy) is 1. The van der Waals surface area contributed by atoms with Crippen LogP contribution in [0.15, 0.2) is 18.2 Å². The number of amides is 1. The first-order valence-corrected chi connectivity index (χ1v) is 7.41. The highest BCUT2D eigenvalue weighted by atomic mass is 35.5. The third-order valence-electron chi connectivity index (χ3n) is 3.30. The van der Waals surface area contributed by atoms with E-state index in [1.807, 2.05) is 27.7 Å². The van der Waals surface area contributed by atoms with Gasteiger partial charge in [0.1, 0.15) is 5.75 Å². The summed E-state index contributed by atoms with van der Waals surface area (Å²) >= 11 is 5.94. The number of aliphatic hydroxyl groups excluding tert-OH is 1. The van der Waals surface area contributed by atoms with E-state index in [0.717, 1.165) is 5.56 Å². The normalized spacial score (nSPS) is 12.9. The van der Waals surface area contributed by atoms with Crippen LogP contribution in [-0.2, 0) is 4.79 Å². The lowest BCUT2D eigenvalue weighted by Gasteiger charge is -2.31. The zero-order chi connectivity index (χ0) is 16.0. The summed E-state index contributed by atoms with van der Waals surface area (Å²) in [5, 5.41) is 12.7. The van der Waals surface area contributed by atoms with Gasteiger partial charge in [0.25, 0.3) is 5.91 Å². The molecule has 0 spiro atoms. The average molecular weight is 314 g/mol. The number of carbonyl (C=O) groups is 1. The minimum Gasteiger partial charge on any atom is -0.484 e. The van der Waals surface area contributed by atoms with Crippen molar-refractivity contribution < 1.29 is 14.6 Å². The Kier molecular flexibility index (Phi) is 6.49. The van der Waals surface area contributed by atoms with Crippen LogP contribution in [-0.4, -0.2) is 30.3 Å². The van der Waals surface area contributed by atoms with Crippen molar-refractivity contribution in [1.82, 2.24) is 5.32 Å². The van der Waals surface area contributed by atoms with E-state index in [1.54, 1.807) is 18.2 Å². The van der Waals surface area contributed by atoms with Crippen molar-refractivity contribution in [1.29, 1.82) is 0 Å². The lowest BCUT2D eigenvalue weighted by Crippen LogP contribution is -2.46. The molecule has 1 aromatic rings. The van der Waals surface area contributed by atoms with Crippen LogP contribution in [0.5, 0.6) is 5.75 Å². The van der Waals surface area contributed by atoms with Crippen LogP contribution in [0.4, 0.5) is 0 Å². The molecule has 0 aliphatic rings.